The Kier molecular flexibility index (Phi) is 10.7. The van der Waals surface area contributed by atoms with E-state index in [4.69, 9.17) is 9.47 Å². The molecular formula is C31H34F8N4O5. The molecule has 2 aliphatic rings. The maximum absolute atomic E-state index is 15.3. The summed E-state index contributed by atoms with van der Waals surface area (Å²) in [4.78, 5) is 29.0. The largest absolute Gasteiger partial charge is 0.509 e. The first kappa shape index (κ1) is 36.9. The van der Waals surface area contributed by atoms with Crippen LogP contribution in [0.25, 0.3) is 0 Å². The predicted octanol–water partition coefficient (Wildman–Crippen LogP) is 5.77. The van der Waals surface area contributed by atoms with Crippen molar-refractivity contribution in [3.8, 4) is 5.75 Å². The molecule has 9 nitrogen and oxygen atoms in total. The van der Waals surface area contributed by atoms with Gasteiger partial charge in [0.25, 0.3) is 11.8 Å². The molecule has 2 heterocycles. The molecule has 0 aliphatic carbocycles. The summed E-state index contributed by atoms with van der Waals surface area (Å²) in [5.41, 5.74) is -6.94. The van der Waals surface area contributed by atoms with Gasteiger partial charge in [-0.05, 0) is 29.7 Å². The molecule has 1 fully saturated rings. The highest BCUT2D eigenvalue weighted by molar-refractivity contribution is 6.23. The fourth-order valence-corrected chi connectivity index (χ4v) is 5.53. The van der Waals surface area contributed by atoms with Crippen molar-refractivity contribution in [2.75, 3.05) is 51.8 Å². The second-order valence-corrected chi connectivity index (χ2v) is 12.3. The standard InChI is InChI=1S/C31H34F8N4O5/c1-29(2,3)26-25(44)22(27(45)40-20-7-6-18(30(34,35)36)15-19(20)31(37,38)39)28(46)43(41(26)4)16-17-5-8-21(24(33)23(17)32)48-14-11-42-9-12-47-13-10-42/h5-8,15,26,44H,9-14,16H2,1-4H3,(H,40,45). The Morgan fingerprint density at radius 2 is 1.65 bits per heavy atom. The Labute approximate surface area is 270 Å². The molecule has 0 saturated carbocycles. The van der Waals surface area contributed by atoms with Gasteiger partial charge in [-0.2, -0.15) is 30.7 Å². The maximum Gasteiger partial charge on any atom is 0.418 e. The molecule has 2 N–H and O–H groups in total. The van der Waals surface area contributed by atoms with Crippen molar-refractivity contribution in [3.05, 3.63) is 70.0 Å². The van der Waals surface area contributed by atoms with Gasteiger partial charge in [-0.1, -0.05) is 26.8 Å². The summed E-state index contributed by atoms with van der Waals surface area (Å²) in [5.74, 6) is -6.79. The highest BCUT2D eigenvalue weighted by atomic mass is 19.4. The van der Waals surface area contributed by atoms with Gasteiger partial charge in [-0.3, -0.25) is 19.5 Å². The van der Waals surface area contributed by atoms with Gasteiger partial charge in [0.05, 0.1) is 42.6 Å². The molecule has 0 bridgehead atoms. The number of likely N-dealkylation sites (N-methyl/N-ethyl adjacent to an activating group) is 1. The fourth-order valence-electron chi connectivity index (χ4n) is 5.53. The van der Waals surface area contributed by atoms with Crippen LogP contribution in [0, 0.1) is 17.0 Å². The second kappa shape index (κ2) is 13.9. The maximum atomic E-state index is 15.3. The van der Waals surface area contributed by atoms with Crippen LogP contribution in [-0.2, 0) is 33.2 Å². The number of halogens is 8. The number of amides is 2. The molecule has 4 rings (SSSR count). The average molecular weight is 695 g/mol. The summed E-state index contributed by atoms with van der Waals surface area (Å²) in [6.45, 7) is 7.01. The van der Waals surface area contributed by atoms with E-state index in [9.17, 15) is 41.0 Å². The normalized spacial score (nSPS) is 18.8. The Bertz CT molecular complexity index is 1570. The second-order valence-electron chi connectivity index (χ2n) is 12.3. The quantitative estimate of drug-likeness (QED) is 0.268. The first-order chi connectivity index (χ1) is 22.2. The zero-order valence-electron chi connectivity index (χ0n) is 26.4. The van der Waals surface area contributed by atoms with Crippen LogP contribution in [-0.4, -0.2) is 84.4 Å². The van der Waals surface area contributed by atoms with Crippen molar-refractivity contribution in [1.82, 2.24) is 14.9 Å². The number of ether oxygens (including phenoxy) is 2. The van der Waals surface area contributed by atoms with Crippen molar-refractivity contribution in [1.29, 1.82) is 0 Å². The van der Waals surface area contributed by atoms with Crippen LogP contribution in [0.5, 0.6) is 5.75 Å². The van der Waals surface area contributed by atoms with Crippen LogP contribution in [0.15, 0.2) is 41.7 Å². The van der Waals surface area contributed by atoms with Gasteiger partial charge in [0, 0.05) is 32.2 Å². The highest BCUT2D eigenvalue weighted by Crippen LogP contribution is 2.41. The first-order valence-corrected chi connectivity index (χ1v) is 14.7. The summed E-state index contributed by atoms with van der Waals surface area (Å²) in [5, 5.41) is 14.9. The van der Waals surface area contributed by atoms with Crippen molar-refractivity contribution in [2.24, 2.45) is 5.41 Å². The number of nitrogens with zero attached hydrogens (tertiary/aromatic N) is 3. The van der Waals surface area contributed by atoms with Gasteiger partial charge in [-0.15, -0.1) is 0 Å². The van der Waals surface area contributed by atoms with Crippen molar-refractivity contribution >= 4 is 17.5 Å². The third-order valence-electron chi connectivity index (χ3n) is 7.88. The zero-order valence-corrected chi connectivity index (χ0v) is 26.4. The topological polar surface area (TPSA) is 94.6 Å². The number of carbonyl (C=O) groups is 2. The summed E-state index contributed by atoms with van der Waals surface area (Å²) in [7, 11) is 1.33. The van der Waals surface area contributed by atoms with Crippen molar-refractivity contribution in [3.63, 3.8) is 0 Å². The number of rotatable bonds is 8. The lowest BCUT2D eigenvalue weighted by molar-refractivity contribution is -0.158. The molecule has 0 radical (unpaired) electrons. The molecule has 2 aromatic carbocycles. The molecule has 1 atom stereocenters. The average Bonchev–Trinajstić information content (AvgIpc) is 2.97. The van der Waals surface area contributed by atoms with E-state index >= 15 is 8.78 Å². The number of anilines is 1. The lowest BCUT2D eigenvalue weighted by Gasteiger charge is -2.46. The van der Waals surface area contributed by atoms with E-state index in [0.29, 0.717) is 45.0 Å². The molecule has 2 amide bonds. The number of carbonyl (C=O) groups excluding carboxylic acids is 2. The Morgan fingerprint density at radius 1 is 1.00 bits per heavy atom. The Hall–Kier alpha value is -3.96. The van der Waals surface area contributed by atoms with E-state index in [1.54, 1.807) is 26.1 Å². The molecular weight excluding hydrogens is 660 g/mol. The number of aliphatic hydroxyl groups is 1. The van der Waals surface area contributed by atoms with Crippen LogP contribution in [0.3, 0.4) is 0 Å². The summed E-state index contributed by atoms with van der Waals surface area (Å²) in [6.07, 6.45) is -10.5. The third-order valence-corrected chi connectivity index (χ3v) is 7.88. The SMILES string of the molecule is CN1C(C(C)(C)C)C(O)=C(C(=O)Nc2ccc(C(F)(F)F)cc2C(F)(F)F)C(=O)N1Cc1ccc(OCCN2CCOCC2)c(F)c1F. The minimum atomic E-state index is -5.35. The number of alkyl halides is 6. The number of hydrogen-bond acceptors (Lipinski definition) is 7. The van der Waals surface area contributed by atoms with Crippen LogP contribution in [0.1, 0.15) is 37.5 Å². The molecule has 0 spiro atoms. The smallest absolute Gasteiger partial charge is 0.418 e. The number of hydrogen-bond donors (Lipinski definition) is 2. The number of morpholine rings is 1. The molecule has 2 aliphatic heterocycles. The van der Waals surface area contributed by atoms with Crippen LogP contribution in [0.4, 0.5) is 40.8 Å². The van der Waals surface area contributed by atoms with E-state index in [0.717, 1.165) is 17.1 Å². The van der Waals surface area contributed by atoms with Gasteiger partial charge in [0.15, 0.2) is 11.6 Å². The monoisotopic (exact) mass is 694 g/mol. The Balaban J connectivity index is 1.63. The fraction of sp³-hybridized carbons (Fsp3) is 0.484. The van der Waals surface area contributed by atoms with E-state index in [2.05, 4.69) is 0 Å². The molecule has 1 unspecified atom stereocenters. The van der Waals surface area contributed by atoms with Gasteiger partial charge < -0.3 is 19.9 Å². The van der Waals surface area contributed by atoms with Crippen LogP contribution >= 0.6 is 0 Å². The predicted molar refractivity (Wildman–Crippen MR) is 155 cm³/mol. The minimum absolute atomic E-state index is 0.0495. The number of hydrazine groups is 1. The zero-order chi connectivity index (χ0) is 35.8. The Morgan fingerprint density at radius 3 is 2.23 bits per heavy atom. The lowest BCUT2D eigenvalue weighted by Crippen LogP contribution is -2.59. The van der Waals surface area contributed by atoms with Gasteiger partial charge in [0.2, 0.25) is 5.82 Å². The molecule has 48 heavy (non-hydrogen) atoms. The number of nitrogens with one attached hydrogen (secondary N) is 1. The van der Waals surface area contributed by atoms with Crippen molar-refractivity contribution < 1.29 is 59.3 Å². The van der Waals surface area contributed by atoms with E-state index in [1.807, 2.05) is 4.90 Å². The van der Waals surface area contributed by atoms with Gasteiger partial charge in [-0.25, -0.2) is 9.40 Å². The van der Waals surface area contributed by atoms with Crippen LogP contribution < -0.4 is 10.1 Å². The highest BCUT2D eigenvalue weighted by Gasteiger charge is 2.47. The summed E-state index contributed by atoms with van der Waals surface area (Å²) < 4.78 is 122. The number of aliphatic hydroxyl groups excluding tert-OH is 1. The van der Waals surface area contributed by atoms with Gasteiger partial charge >= 0.3 is 12.4 Å². The van der Waals surface area contributed by atoms with E-state index in [-0.39, 0.29) is 24.0 Å². The van der Waals surface area contributed by atoms with E-state index < -0.39 is 81.9 Å². The summed E-state index contributed by atoms with van der Waals surface area (Å²) in [6, 6.07) is 1.62. The summed E-state index contributed by atoms with van der Waals surface area (Å²) >= 11 is 0. The van der Waals surface area contributed by atoms with Crippen molar-refractivity contribution in [2.45, 2.75) is 45.7 Å². The van der Waals surface area contributed by atoms with Crippen LogP contribution in [0.2, 0.25) is 0 Å². The molecule has 0 aromatic heterocycles. The molecule has 17 heteroatoms. The molecule has 2 aromatic rings. The lowest BCUT2D eigenvalue weighted by atomic mass is 9.82. The number of benzene rings is 2. The molecule has 264 valence electrons. The third kappa shape index (κ3) is 8.01. The van der Waals surface area contributed by atoms with Gasteiger partial charge in [0.1, 0.15) is 17.9 Å². The molecule has 1 saturated heterocycles. The minimum Gasteiger partial charge on any atom is -0.509 e. The van der Waals surface area contributed by atoms with E-state index in [1.165, 1.54) is 12.1 Å². The first-order valence-electron chi connectivity index (χ1n) is 14.7.